The Kier molecular flexibility index (Phi) is 6.10. The Hall–Kier alpha value is -3.62. The minimum atomic E-state index is -0.291. The van der Waals surface area contributed by atoms with Crippen molar-refractivity contribution < 1.29 is 4.79 Å². The molecule has 1 amide bonds. The maximum Gasteiger partial charge on any atom is 0.258 e. The molecule has 2 aromatic carbocycles. The van der Waals surface area contributed by atoms with Crippen molar-refractivity contribution in [2.24, 2.45) is 0 Å². The summed E-state index contributed by atoms with van der Waals surface area (Å²) in [5.74, 6) is 1.26. The zero-order valence-electron chi connectivity index (χ0n) is 17.8. The minimum absolute atomic E-state index is 0.291. The van der Waals surface area contributed by atoms with Crippen molar-refractivity contribution in [3.8, 4) is 11.1 Å². The number of nitrogens with one attached hydrogen (secondary N) is 2. The van der Waals surface area contributed by atoms with Crippen molar-refractivity contribution in [2.75, 3.05) is 18.4 Å². The van der Waals surface area contributed by atoms with Gasteiger partial charge in [0.1, 0.15) is 5.82 Å². The first kappa shape index (κ1) is 21.2. The van der Waals surface area contributed by atoms with Crippen molar-refractivity contribution >= 4 is 23.3 Å². The zero-order valence-corrected chi connectivity index (χ0v) is 18.5. The van der Waals surface area contributed by atoms with Crippen LogP contribution >= 0.6 is 11.6 Å². The number of tetrazole rings is 1. The summed E-state index contributed by atoms with van der Waals surface area (Å²) >= 11 is 6.57. The van der Waals surface area contributed by atoms with Gasteiger partial charge >= 0.3 is 0 Å². The van der Waals surface area contributed by atoms with Gasteiger partial charge in [-0.1, -0.05) is 65.3 Å². The average Bonchev–Trinajstić information content (AvgIpc) is 3.53. The van der Waals surface area contributed by atoms with E-state index in [2.05, 4.69) is 35.8 Å². The van der Waals surface area contributed by atoms with Gasteiger partial charge in [-0.3, -0.25) is 9.69 Å². The van der Waals surface area contributed by atoms with Gasteiger partial charge in [0, 0.05) is 30.8 Å². The molecule has 0 spiro atoms. The number of rotatable bonds is 6. The maximum absolute atomic E-state index is 12.9. The highest BCUT2D eigenvalue weighted by Crippen LogP contribution is 2.31. The Morgan fingerprint density at radius 1 is 1.12 bits per heavy atom. The smallest absolute Gasteiger partial charge is 0.258 e. The molecule has 4 aromatic rings. The normalized spacial score (nSPS) is 16.1. The number of halogens is 1. The second-order valence-corrected chi connectivity index (χ2v) is 8.41. The molecule has 1 atom stereocenters. The second-order valence-electron chi connectivity index (χ2n) is 8.03. The van der Waals surface area contributed by atoms with Crippen molar-refractivity contribution in [2.45, 2.75) is 18.9 Å². The molecule has 1 fully saturated rings. The Morgan fingerprint density at radius 3 is 2.76 bits per heavy atom. The lowest BCUT2D eigenvalue weighted by atomic mass is 10.0. The Morgan fingerprint density at radius 2 is 2.00 bits per heavy atom. The average molecular weight is 460 g/mol. The molecule has 1 aliphatic rings. The zero-order chi connectivity index (χ0) is 22.6. The van der Waals surface area contributed by atoms with Gasteiger partial charge < -0.3 is 5.32 Å². The number of likely N-dealkylation sites (tertiary alicyclic amines) is 1. The lowest BCUT2D eigenvalue weighted by Crippen LogP contribution is -2.20. The molecule has 1 aliphatic heterocycles. The molecule has 166 valence electrons. The fourth-order valence-electron chi connectivity index (χ4n) is 4.11. The molecule has 2 aromatic heterocycles. The third-order valence-corrected chi connectivity index (χ3v) is 6.21. The fraction of sp³-hybridized carbons (Fsp3) is 0.208. The van der Waals surface area contributed by atoms with E-state index in [1.165, 1.54) is 0 Å². The summed E-state index contributed by atoms with van der Waals surface area (Å²) in [6, 6.07) is 19.0. The summed E-state index contributed by atoms with van der Waals surface area (Å²) in [6.45, 7) is 2.63. The Bertz CT molecular complexity index is 1230. The van der Waals surface area contributed by atoms with Gasteiger partial charge in [-0.25, -0.2) is 4.98 Å². The largest absolute Gasteiger partial charge is 0.307 e. The van der Waals surface area contributed by atoms with Crippen LogP contribution in [0.2, 0.25) is 5.02 Å². The van der Waals surface area contributed by atoms with E-state index >= 15 is 0 Å². The van der Waals surface area contributed by atoms with E-state index in [0.717, 1.165) is 48.6 Å². The summed E-state index contributed by atoms with van der Waals surface area (Å²) in [5.41, 5.74) is 3.26. The number of hydrogen-bond acceptors (Lipinski definition) is 6. The van der Waals surface area contributed by atoms with Crippen molar-refractivity contribution in [3.05, 3.63) is 88.8 Å². The fourth-order valence-corrected chi connectivity index (χ4v) is 4.43. The van der Waals surface area contributed by atoms with Crippen LogP contribution in [0.3, 0.4) is 0 Å². The molecule has 0 unspecified atom stereocenters. The lowest BCUT2D eigenvalue weighted by Gasteiger charge is -2.15. The van der Waals surface area contributed by atoms with E-state index in [9.17, 15) is 4.79 Å². The first-order valence-corrected chi connectivity index (χ1v) is 11.1. The van der Waals surface area contributed by atoms with E-state index in [1.54, 1.807) is 12.3 Å². The van der Waals surface area contributed by atoms with Crippen molar-refractivity contribution in [3.63, 3.8) is 0 Å². The van der Waals surface area contributed by atoms with Crippen LogP contribution in [-0.4, -0.2) is 49.5 Å². The molecule has 5 rings (SSSR count). The molecule has 0 bridgehead atoms. The third-order valence-electron chi connectivity index (χ3n) is 5.80. The first-order valence-electron chi connectivity index (χ1n) is 10.7. The SMILES string of the molecule is O=C(Nc1ccc(CN2CC[C@@H](c3nn[nH]n3)C2)cn1)c1cccc(-c2ccccc2)c1Cl. The number of aromatic nitrogens is 5. The number of aromatic amines is 1. The number of benzene rings is 2. The molecular formula is C24H22ClN7O. The van der Waals surface area contributed by atoms with Crippen LogP contribution < -0.4 is 5.32 Å². The number of hydrogen-bond donors (Lipinski definition) is 2. The van der Waals surface area contributed by atoms with E-state index in [4.69, 9.17) is 11.6 Å². The van der Waals surface area contributed by atoms with Crippen LogP contribution in [0.1, 0.15) is 34.1 Å². The van der Waals surface area contributed by atoms with Crippen LogP contribution in [0.25, 0.3) is 11.1 Å². The molecule has 0 radical (unpaired) electrons. The van der Waals surface area contributed by atoms with Crippen LogP contribution in [0.5, 0.6) is 0 Å². The van der Waals surface area contributed by atoms with Crippen LogP contribution in [0, 0.1) is 0 Å². The predicted molar refractivity (Wildman–Crippen MR) is 126 cm³/mol. The molecule has 33 heavy (non-hydrogen) atoms. The Labute approximate surface area is 196 Å². The topological polar surface area (TPSA) is 99.7 Å². The number of amides is 1. The highest BCUT2D eigenvalue weighted by molar-refractivity contribution is 6.37. The quantitative estimate of drug-likeness (QED) is 0.449. The van der Waals surface area contributed by atoms with Crippen LogP contribution in [0.4, 0.5) is 5.82 Å². The van der Waals surface area contributed by atoms with Crippen LogP contribution in [0.15, 0.2) is 66.9 Å². The summed E-state index contributed by atoms with van der Waals surface area (Å²) in [5, 5.41) is 17.6. The highest BCUT2D eigenvalue weighted by Gasteiger charge is 2.26. The number of nitrogens with zero attached hydrogens (tertiary/aromatic N) is 5. The van der Waals surface area contributed by atoms with E-state index in [1.807, 2.05) is 54.6 Å². The summed E-state index contributed by atoms with van der Waals surface area (Å²) in [6.07, 6.45) is 2.79. The summed E-state index contributed by atoms with van der Waals surface area (Å²) in [7, 11) is 0. The number of anilines is 1. The summed E-state index contributed by atoms with van der Waals surface area (Å²) in [4.78, 5) is 19.6. The van der Waals surface area contributed by atoms with E-state index < -0.39 is 0 Å². The number of pyridine rings is 1. The number of carbonyl (C=O) groups excluding carboxylic acids is 1. The third kappa shape index (κ3) is 4.76. The highest BCUT2D eigenvalue weighted by atomic mass is 35.5. The van der Waals surface area contributed by atoms with Crippen LogP contribution in [-0.2, 0) is 6.54 Å². The molecular weight excluding hydrogens is 438 g/mol. The molecule has 1 saturated heterocycles. The van der Waals surface area contributed by atoms with Gasteiger partial charge in [-0.15, -0.1) is 10.2 Å². The second kappa shape index (κ2) is 9.48. The monoisotopic (exact) mass is 459 g/mol. The molecule has 2 N–H and O–H groups in total. The number of H-pyrrole nitrogens is 1. The van der Waals surface area contributed by atoms with Gasteiger partial charge in [0.15, 0.2) is 5.82 Å². The van der Waals surface area contributed by atoms with Crippen molar-refractivity contribution in [1.82, 2.24) is 30.5 Å². The molecule has 3 heterocycles. The van der Waals surface area contributed by atoms with Gasteiger partial charge in [0.05, 0.1) is 10.6 Å². The molecule has 0 aliphatic carbocycles. The molecule has 8 nitrogen and oxygen atoms in total. The van der Waals surface area contributed by atoms with Crippen molar-refractivity contribution in [1.29, 1.82) is 0 Å². The maximum atomic E-state index is 12.9. The molecule has 0 saturated carbocycles. The summed E-state index contributed by atoms with van der Waals surface area (Å²) < 4.78 is 0. The predicted octanol–water partition coefficient (Wildman–Crippen LogP) is 4.16. The van der Waals surface area contributed by atoms with Gasteiger partial charge in [-0.05, 0) is 36.2 Å². The van der Waals surface area contributed by atoms with Gasteiger partial charge in [-0.2, -0.15) is 5.21 Å². The standard InChI is InChI=1S/C24H22ClN7O/c25-22-19(17-5-2-1-3-6-17)7-4-8-20(22)24(33)27-21-10-9-16(13-26-21)14-32-12-11-18(15-32)23-28-30-31-29-23/h1-10,13,18H,11-12,14-15H2,(H,26,27,33)(H,28,29,30,31)/t18-/m1/s1. The number of carbonyl (C=O) groups is 1. The molecule has 9 heteroatoms. The first-order chi connectivity index (χ1) is 16.2. The van der Waals surface area contributed by atoms with E-state index in [-0.39, 0.29) is 5.91 Å². The Balaban J connectivity index is 1.22. The van der Waals surface area contributed by atoms with Gasteiger partial charge in [0.25, 0.3) is 5.91 Å². The minimum Gasteiger partial charge on any atom is -0.307 e. The van der Waals surface area contributed by atoms with E-state index in [0.29, 0.717) is 22.3 Å². The van der Waals surface area contributed by atoms with Gasteiger partial charge in [0.2, 0.25) is 0 Å². The lowest BCUT2D eigenvalue weighted by molar-refractivity contribution is 0.102.